The first-order valence-corrected chi connectivity index (χ1v) is 7.38. The molecule has 4 nitrogen and oxygen atoms in total. The standard InChI is InChI=1S/C11H20N2O2S/c1-3-11(6-4-5-7-11)9-13-16(14,15)10(2)8-12/h10,13H,3-7,9H2,1-2H3. The van der Waals surface area contributed by atoms with Crippen molar-refractivity contribution in [1.82, 2.24) is 4.72 Å². The van der Waals surface area contributed by atoms with Crippen LogP contribution in [0.4, 0.5) is 0 Å². The van der Waals surface area contributed by atoms with E-state index >= 15 is 0 Å². The summed E-state index contributed by atoms with van der Waals surface area (Å²) in [5, 5.41) is 7.64. The van der Waals surface area contributed by atoms with E-state index in [1.54, 1.807) is 6.07 Å². The summed E-state index contributed by atoms with van der Waals surface area (Å²) in [4.78, 5) is 0. The molecule has 0 aromatic rings. The quantitative estimate of drug-likeness (QED) is 0.801. The number of hydrogen-bond donors (Lipinski definition) is 1. The van der Waals surface area contributed by atoms with Crippen LogP contribution in [-0.4, -0.2) is 20.2 Å². The molecule has 1 saturated carbocycles. The van der Waals surface area contributed by atoms with E-state index in [9.17, 15) is 8.42 Å². The van der Waals surface area contributed by atoms with Crippen LogP contribution in [0.25, 0.3) is 0 Å². The molecule has 1 N–H and O–H groups in total. The Bertz CT molecular complexity index is 364. The van der Waals surface area contributed by atoms with Crippen molar-refractivity contribution in [3.05, 3.63) is 0 Å². The average molecular weight is 244 g/mol. The van der Waals surface area contributed by atoms with E-state index in [2.05, 4.69) is 11.6 Å². The molecule has 0 bridgehead atoms. The minimum atomic E-state index is -3.46. The molecule has 0 saturated heterocycles. The third-order valence-corrected chi connectivity index (χ3v) is 5.29. The summed E-state index contributed by atoms with van der Waals surface area (Å²) >= 11 is 0. The Morgan fingerprint density at radius 3 is 2.44 bits per heavy atom. The van der Waals surface area contributed by atoms with Gasteiger partial charge in [0, 0.05) is 6.54 Å². The van der Waals surface area contributed by atoms with Gasteiger partial charge in [-0.1, -0.05) is 19.8 Å². The van der Waals surface area contributed by atoms with Crippen LogP contribution in [0.3, 0.4) is 0 Å². The van der Waals surface area contributed by atoms with Crippen LogP contribution < -0.4 is 4.72 Å². The molecule has 16 heavy (non-hydrogen) atoms. The summed E-state index contributed by atoms with van der Waals surface area (Å²) in [6, 6.07) is 1.76. The molecule has 0 spiro atoms. The lowest BCUT2D eigenvalue weighted by atomic mass is 9.84. The van der Waals surface area contributed by atoms with Crippen LogP contribution in [0.15, 0.2) is 0 Å². The van der Waals surface area contributed by atoms with Gasteiger partial charge in [0.05, 0.1) is 6.07 Å². The molecule has 0 heterocycles. The van der Waals surface area contributed by atoms with Gasteiger partial charge in [0.25, 0.3) is 0 Å². The molecule has 0 radical (unpaired) electrons. The van der Waals surface area contributed by atoms with Gasteiger partial charge in [0.15, 0.2) is 5.25 Å². The zero-order chi connectivity index (χ0) is 12.2. The van der Waals surface area contributed by atoms with Gasteiger partial charge in [0.2, 0.25) is 10.0 Å². The molecular formula is C11H20N2O2S. The van der Waals surface area contributed by atoms with Crippen LogP contribution in [0.1, 0.15) is 46.0 Å². The summed E-state index contributed by atoms with van der Waals surface area (Å²) in [7, 11) is -3.46. The van der Waals surface area contributed by atoms with Crippen molar-refractivity contribution in [2.75, 3.05) is 6.54 Å². The van der Waals surface area contributed by atoms with Gasteiger partial charge >= 0.3 is 0 Å². The normalized spacial score (nSPS) is 21.6. The van der Waals surface area contributed by atoms with Crippen LogP contribution in [0.2, 0.25) is 0 Å². The van der Waals surface area contributed by atoms with Crippen molar-refractivity contribution in [1.29, 1.82) is 5.26 Å². The molecule has 1 rings (SSSR count). The monoisotopic (exact) mass is 244 g/mol. The average Bonchev–Trinajstić information content (AvgIpc) is 2.75. The lowest BCUT2D eigenvalue weighted by Gasteiger charge is -2.27. The van der Waals surface area contributed by atoms with E-state index in [-0.39, 0.29) is 5.41 Å². The zero-order valence-electron chi connectivity index (χ0n) is 9.99. The molecule has 0 amide bonds. The summed E-state index contributed by atoms with van der Waals surface area (Å²) in [5.74, 6) is 0. The second-order valence-electron chi connectivity index (χ2n) is 4.70. The fourth-order valence-electron chi connectivity index (χ4n) is 2.23. The molecule has 0 aromatic carbocycles. The van der Waals surface area contributed by atoms with Crippen LogP contribution in [0, 0.1) is 16.7 Å². The minimum absolute atomic E-state index is 0.127. The molecule has 1 unspecified atom stereocenters. The third kappa shape index (κ3) is 2.96. The second kappa shape index (κ2) is 5.15. The van der Waals surface area contributed by atoms with Crippen molar-refractivity contribution < 1.29 is 8.42 Å². The number of sulfonamides is 1. The van der Waals surface area contributed by atoms with Crippen molar-refractivity contribution in [3.63, 3.8) is 0 Å². The molecule has 1 atom stereocenters. The molecular weight excluding hydrogens is 224 g/mol. The minimum Gasteiger partial charge on any atom is -0.214 e. The highest BCUT2D eigenvalue weighted by molar-refractivity contribution is 7.90. The van der Waals surface area contributed by atoms with E-state index < -0.39 is 15.3 Å². The lowest BCUT2D eigenvalue weighted by molar-refractivity contribution is 0.285. The number of rotatable bonds is 5. The van der Waals surface area contributed by atoms with Gasteiger partial charge in [-0.25, -0.2) is 13.1 Å². The molecule has 1 aliphatic rings. The maximum atomic E-state index is 11.6. The number of hydrogen-bond acceptors (Lipinski definition) is 3. The first-order chi connectivity index (χ1) is 7.46. The zero-order valence-corrected chi connectivity index (χ0v) is 10.8. The Balaban J connectivity index is 2.60. The number of nitrogens with zero attached hydrogens (tertiary/aromatic N) is 1. The van der Waals surface area contributed by atoms with Crippen molar-refractivity contribution in [2.24, 2.45) is 5.41 Å². The second-order valence-corrected chi connectivity index (χ2v) is 6.78. The van der Waals surface area contributed by atoms with Gasteiger partial charge < -0.3 is 0 Å². The van der Waals surface area contributed by atoms with Crippen LogP contribution in [-0.2, 0) is 10.0 Å². The Morgan fingerprint density at radius 1 is 1.44 bits per heavy atom. The van der Waals surface area contributed by atoms with Crippen LogP contribution in [0.5, 0.6) is 0 Å². The molecule has 0 aromatic heterocycles. The maximum absolute atomic E-state index is 11.6. The Hall–Kier alpha value is -0.600. The maximum Gasteiger partial charge on any atom is 0.227 e. The number of nitrogens with one attached hydrogen (secondary N) is 1. The molecule has 1 fully saturated rings. The SMILES string of the molecule is CCC1(CNS(=O)(=O)C(C)C#N)CCCC1. The Labute approximate surface area is 98.1 Å². The van der Waals surface area contributed by atoms with Gasteiger partial charge in [-0.05, 0) is 31.6 Å². The molecule has 0 aliphatic heterocycles. The van der Waals surface area contributed by atoms with E-state index in [1.165, 1.54) is 19.8 Å². The highest BCUT2D eigenvalue weighted by atomic mass is 32.2. The van der Waals surface area contributed by atoms with Gasteiger partial charge in [-0.15, -0.1) is 0 Å². The van der Waals surface area contributed by atoms with E-state index in [0.29, 0.717) is 6.54 Å². The summed E-state index contributed by atoms with van der Waals surface area (Å²) < 4.78 is 25.9. The Kier molecular flexibility index (Phi) is 4.34. The topological polar surface area (TPSA) is 70.0 Å². The molecule has 5 heteroatoms. The van der Waals surface area contributed by atoms with Crippen LogP contribution >= 0.6 is 0 Å². The number of nitriles is 1. The van der Waals surface area contributed by atoms with E-state index in [4.69, 9.17) is 5.26 Å². The lowest BCUT2D eigenvalue weighted by Crippen LogP contribution is -2.39. The third-order valence-electron chi connectivity index (χ3n) is 3.71. The van der Waals surface area contributed by atoms with Gasteiger partial charge in [0.1, 0.15) is 0 Å². The van der Waals surface area contributed by atoms with Crippen molar-refractivity contribution >= 4 is 10.0 Å². The first kappa shape index (κ1) is 13.5. The molecule has 92 valence electrons. The van der Waals surface area contributed by atoms with E-state index in [1.807, 2.05) is 0 Å². The smallest absolute Gasteiger partial charge is 0.214 e. The fourth-order valence-corrected chi connectivity index (χ4v) is 3.12. The predicted octanol–water partition coefficient (Wildman–Crippen LogP) is 1.79. The summed E-state index contributed by atoms with van der Waals surface area (Å²) in [6.45, 7) is 4.00. The van der Waals surface area contributed by atoms with Gasteiger partial charge in [-0.2, -0.15) is 5.26 Å². The van der Waals surface area contributed by atoms with Gasteiger partial charge in [-0.3, -0.25) is 0 Å². The van der Waals surface area contributed by atoms with Crippen molar-refractivity contribution in [3.8, 4) is 6.07 Å². The predicted molar refractivity (Wildman–Crippen MR) is 63.2 cm³/mol. The fraction of sp³-hybridized carbons (Fsp3) is 0.909. The first-order valence-electron chi connectivity index (χ1n) is 5.84. The largest absolute Gasteiger partial charge is 0.227 e. The molecule has 1 aliphatic carbocycles. The van der Waals surface area contributed by atoms with E-state index in [0.717, 1.165) is 19.3 Å². The Morgan fingerprint density at radius 2 is 2.00 bits per heavy atom. The highest BCUT2D eigenvalue weighted by Crippen LogP contribution is 2.40. The summed E-state index contributed by atoms with van der Waals surface area (Å²) in [5.41, 5.74) is 0.127. The highest BCUT2D eigenvalue weighted by Gasteiger charge is 2.33. The van der Waals surface area contributed by atoms with Crippen molar-refractivity contribution in [2.45, 2.75) is 51.2 Å². The summed E-state index contributed by atoms with van der Waals surface area (Å²) in [6.07, 6.45) is 5.54.